The summed E-state index contributed by atoms with van der Waals surface area (Å²) in [6, 6.07) is 1.84. The number of carboxylic acids is 1. The number of aliphatic carboxylic acids is 1. The zero-order valence-corrected chi connectivity index (χ0v) is 10.7. The van der Waals surface area contributed by atoms with E-state index in [0.29, 0.717) is 6.54 Å². The molecule has 0 amide bonds. The van der Waals surface area contributed by atoms with Crippen LogP contribution in [-0.2, 0) is 11.0 Å². The van der Waals surface area contributed by atoms with Crippen molar-refractivity contribution in [2.45, 2.75) is 31.9 Å². The number of carbonyl (C=O) groups is 1. The summed E-state index contributed by atoms with van der Waals surface area (Å²) in [6.07, 6.45) is -0.801. The molecule has 1 aliphatic carbocycles. The molecule has 0 saturated heterocycles. The van der Waals surface area contributed by atoms with Crippen LogP contribution in [0, 0.1) is 5.41 Å². The maximum atomic E-state index is 12.6. The molecule has 1 fully saturated rings. The lowest BCUT2D eigenvalue weighted by Crippen LogP contribution is -2.38. The molecule has 1 aromatic rings. The smallest absolute Gasteiger partial charge is 0.416 e. The monoisotopic (exact) mass is 288 g/mol. The fraction of sp³-hybridized carbons (Fsp3) is 0.538. The van der Waals surface area contributed by atoms with E-state index in [-0.39, 0.29) is 17.7 Å². The minimum absolute atomic E-state index is 0.0267. The Morgan fingerprint density at radius 3 is 2.65 bits per heavy atom. The third-order valence-electron chi connectivity index (χ3n) is 3.67. The number of pyridine rings is 1. The van der Waals surface area contributed by atoms with Gasteiger partial charge in [-0.2, -0.15) is 13.2 Å². The van der Waals surface area contributed by atoms with Crippen LogP contribution in [0.4, 0.5) is 19.0 Å². The highest BCUT2D eigenvalue weighted by Crippen LogP contribution is 2.44. The van der Waals surface area contributed by atoms with E-state index >= 15 is 0 Å². The molecule has 0 aliphatic heterocycles. The van der Waals surface area contributed by atoms with Crippen molar-refractivity contribution in [3.05, 3.63) is 23.9 Å². The first-order chi connectivity index (χ1) is 9.31. The van der Waals surface area contributed by atoms with Crippen molar-refractivity contribution in [3.8, 4) is 0 Å². The number of hydrogen-bond acceptors (Lipinski definition) is 3. The first-order valence-electron chi connectivity index (χ1n) is 6.30. The van der Waals surface area contributed by atoms with E-state index < -0.39 is 17.7 Å². The SMILES string of the molecule is O=C(O)CC1(CNc2cc(C(F)(F)F)ccn2)CCC1. The predicted octanol–water partition coefficient (Wildman–Crippen LogP) is 3.16. The number of hydrogen-bond donors (Lipinski definition) is 2. The molecule has 1 aliphatic rings. The third kappa shape index (κ3) is 3.40. The minimum Gasteiger partial charge on any atom is -0.481 e. The van der Waals surface area contributed by atoms with Gasteiger partial charge in [0.25, 0.3) is 0 Å². The molecule has 0 aromatic carbocycles. The fourth-order valence-electron chi connectivity index (χ4n) is 2.40. The van der Waals surface area contributed by atoms with Gasteiger partial charge in [-0.25, -0.2) is 4.98 Å². The number of carboxylic acid groups (broad SMARTS) is 1. The van der Waals surface area contributed by atoms with Crippen molar-refractivity contribution < 1.29 is 23.1 Å². The van der Waals surface area contributed by atoms with Crippen LogP contribution in [0.3, 0.4) is 0 Å². The molecule has 2 N–H and O–H groups in total. The van der Waals surface area contributed by atoms with Crippen LogP contribution in [0.15, 0.2) is 18.3 Å². The molecular weight excluding hydrogens is 273 g/mol. The summed E-state index contributed by atoms with van der Waals surface area (Å²) >= 11 is 0. The number of nitrogens with one attached hydrogen (secondary N) is 1. The van der Waals surface area contributed by atoms with Crippen molar-refractivity contribution in [1.82, 2.24) is 4.98 Å². The Labute approximate surface area is 114 Å². The second kappa shape index (κ2) is 5.30. The van der Waals surface area contributed by atoms with Gasteiger partial charge in [-0.3, -0.25) is 4.79 Å². The lowest BCUT2D eigenvalue weighted by molar-refractivity contribution is -0.141. The second-order valence-electron chi connectivity index (χ2n) is 5.21. The molecular formula is C13H15F3N2O2. The van der Waals surface area contributed by atoms with Crippen LogP contribution in [0.1, 0.15) is 31.2 Å². The van der Waals surface area contributed by atoms with Crippen LogP contribution >= 0.6 is 0 Å². The molecule has 1 heterocycles. The van der Waals surface area contributed by atoms with Crippen LogP contribution < -0.4 is 5.32 Å². The van der Waals surface area contributed by atoms with E-state index in [9.17, 15) is 18.0 Å². The van der Waals surface area contributed by atoms with Gasteiger partial charge in [0.2, 0.25) is 0 Å². The zero-order valence-electron chi connectivity index (χ0n) is 10.7. The molecule has 0 unspecified atom stereocenters. The van der Waals surface area contributed by atoms with Gasteiger partial charge in [-0.15, -0.1) is 0 Å². The van der Waals surface area contributed by atoms with Gasteiger partial charge >= 0.3 is 12.1 Å². The van der Waals surface area contributed by atoms with Crippen molar-refractivity contribution in [1.29, 1.82) is 0 Å². The van der Waals surface area contributed by atoms with Gasteiger partial charge < -0.3 is 10.4 Å². The van der Waals surface area contributed by atoms with Gasteiger partial charge in [0.15, 0.2) is 0 Å². The van der Waals surface area contributed by atoms with E-state index in [0.717, 1.165) is 37.6 Å². The molecule has 20 heavy (non-hydrogen) atoms. The average Bonchev–Trinajstić information content (AvgIpc) is 2.31. The average molecular weight is 288 g/mol. The largest absolute Gasteiger partial charge is 0.481 e. The van der Waals surface area contributed by atoms with Crippen LogP contribution in [0.2, 0.25) is 0 Å². The van der Waals surface area contributed by atoms with Crippen molar-refractivity contribution in [3.63, 3.8) is 0 Å². The van der Waals surface area contributed by atoms with E-state index in [1.807, 2.05) is 0 Å². The normalized spacial score (nSPS) is 17.4. The quantitative estimate of drug-likeness (QED) is 0.873. The number of alkyl halides is 3. The molecule has 110 valence electrons. The summed E-state index contributed by atoms with van der Waals surface area (Å²) in [7, 11) is 0. The third-order valence-corrected chi connectivity index (χ3v) is 3.67. The molecule has 0 spiro atoms. The zero-order chi connectivity index (χ0) is 14.8. The summed E-state index contributed by atoms with van der Waals surface area (Å²) in [6.45, 7) is 0.327. The maximum absolute atomic E-state index is 12.6. The Morgan fingerprint density at radius 1 is 1.45 bits per heavy atom. The summed E-state index contributed by atoms with van der Waals surface area (Å²) in [5, 5.41) is 11.7. The Morgan fingerprint density at radius 2 is 2.15 bits per heavy atom. The maximum Gasteiger partial charge on any atom is 0.416 e. The first kappa shape index (κ1) is 14.6. The minimum atomic E-state index is -4.41. The summed E-state index contributed by atoms with van der Waals surface area (Å²) in [4.78, 5) is 14.6. The molecule has 0 radical (unpaired) electrons. The Kier molecular flexibility index (Phi) is 3.87. The highest BCUT2D eigenvalue weighted by Gasteiger charge is 2.39. The van der Waals surface area contributed by atoms with E-state index in [1.54, 1.807) is 0 Å². The number of aromatic nitrogens is 1. The van der Waals surface area contributed by atoms with Crippen LogP contribution in [0.5, 0.6) is 0 Å². The van der Waals surface area contributed by atoms with Crippen molar-refractivity contribution in [2.24, 2.45) is 5.41 Å². The van der Waals surface area contributed by atoms with Crippen LogP contribution in [0.25, 0.3) is 0 Å². The second-order valence-corrected chi connectivity index (χ2v) is 5.21. The molecule has 1 saturated carbocycles. The van der Waals surface area contributed by atoms with Gasteiger partial charge in [-0.05, 0) is 30.4 Å². The molecule has 2 rings (SSSR count). The lowest BCUT2D eigenvalue weighted by atomic mass is 9.66. The first-order valence-corrected chi connectivity index (χ1v) is 6.30. The number of halogens is 3. The Balaban J connectivity index is 2.02. The van der Waals surface area contributed by atoms with Gasteiger partial charge in [0, 0.05) is 12.7 Å². The van der Waals surface area contributed by atoms with Crippen molar-refractivity contribution in [2.75, 3.05) is 11.9 Å². The van der Waals surface area contributed by atoms with Crippen molar-refractivity contribution >= 4 is 11.8 Å². The van der Waals surface area contributed by atoms with E-state index in [4.69, 9.17) is 5.11 Å². The number of anilines is 1. The predicted molar refractivity (Wildman–Crippen MR) is 66.3 cm³/mol. The lowest BCUT2D eigenvalue weighted by Gasteiger charge is -2.41. The summed E-state index contributed by atoms with van der Waals surface area (Å²) in [5.74, 6) is -0.764. The molecule has 4 nitrogen and oxygen atoms in total. The molecule has 0 bridgehead atoms. The van der Waals surface area contributed by atoms with Gasteiger partial charge in [-0.1, -0.05) is 6.42 Å². The van der Waals surface area contributed by atoms with E-state index in [2.05, 4.69) is 10.3 Å². The molecule has 1 aromatic heterocycles. The molecule has 0 atom stereocenters. The topological polar surface area (TPSA) is 62.2 Å². The highest BCUT2D eigenvalue weighted by molar-refractivity contribution is 5.68. The molecule has 7 heteroatoms. The fourth-order valence-corrected chi connectivity index (χ4v) is 2.40. The Bertz CT molecular complexity index is 499. The summed E-state index contributed by atoms with van der Waals surface area (Å²) < 4.78 is 37.7. The van der Waals surface area contributed by atoms with Gasteiger partial charge in [0.05, 0.1) is 12.0 Å². The van der Waals surface area contributed by atoms with Crippen LogP contribution in [-0.4, -0.2) is 22.6 Å². The Hall–Kier alpha value is -1.79. The van der Waals surface area contributed by atoms with Gasteiger partial charge in [0.1, 0.15) is 5.82 Å². The standard InChI is InChI=1S/C13H15F3N2O2/c14-13(15,16)9-2-5-17-10(6-9)18-8-12(3-1-4-12)7-11(19)20/h2,5-6H,1,3-4,7-8H2,(H,17,18)(H,19,20). The summed E-state index contributed by atoms with van der Waals surface area (Å²) in [5.41, 5.74) is -1.13. The number of nitrogens with zero attached hydrogens (tertiary/aromatic N) is 1. The van der Waals surface area contributed by atoms with E-state index in [1.165, 1.54) is 0 Å². The number of rotatable bonds is 5. The highest BCUT2D eigenvalue weighted by atomic mass is 19.4.